The number of benzene rings is 2. The van der Waals surface area contributed by atoms with E-state index in [1.54, 1.807) is 36.4 Å². The maximum absolute atomic E-state index is 13.0. The standard InChI is InChI=1S/C23H31N3O6S2/c1-18-5-7-20(8-6-18)34(29,30)26-13-11-25(12-14-26)22-16-21(9-10-23(22)31-2)33(27,28)24-17-19-4-3-15-32-19/h5-10,16,19,24H,3-4,11-15,17H2,1-2H3. The average Bonchev–Trinajstić information content (AvgIpc) is 3.37. The van der Waals surface area contributed by atoms with Gasteiger partial charge in [0.15, 0.2) is 0 Å². The normalized spacial score (nSPS) is 19.9. The fourth-order valence-electron chi connectivity index (χ4n) is 4.20. The number of aryl methyl sites for hydroxylation is 1. The van der Waals surface area contributed by atoms with Crippen molar-refractivity contribution in [2.75, 3.05) is 51.3 Å². The number of ether oxygens (including phenoxy) is 2. The zero-order valence-electron chi connectivity index (χ0n) is 19.4. The van der Waals surface area contributed by atoms with Crippen LogP contribution < -0.4 is 14.4 Å². The lowest BCUT2D eigenvalue weighted by atomic mass is 10.2. The van der Waals surface area contributed by atoms with Crippen LogP contribution in [-0.2, 0) is 24.8 Å². The van der Waals surface area contributed by atoms with Gasteiger partial charge in [-0.25, -0.2) is 21.6 Å². The Balaban J connectivity index is 1.48. The third-order valence-electron chi connectivity index (χ3n) is 6.22. The highest BCUT2D eigenvalue weighted by molar-refractivity contribution is 7.89. The number of hydrogen-bond donors (Lipinski definition) is 1. The second-order valence-corrected chi connectivity index (χ2v) is 12.2. The summed E-state index contributed by atoms with van der Waals surface area (Å²) in [5, 5.41) is 0. The van der Waals surface area contributed by atoms with Crippen LogP contribution in [0.15, 0.2) is 52.3 Å². The number of piperazine rings is 1. The van der Waals surface area contributed by atoms with Crippen LogP contribution in [0.4, 0.5) is 5.69 Å². The molecule has 0 bridgehead atoms. The molecule has 4 rings (SSSR count). The van der Waals surface area contributed by atoms with E-state index in [0.29, 0.717) is 31.1 Å². The van der Waals surface area contributed by atoms with Gasteiger partial charge < -0.3 is 14.4 Å². The van der Waals surface area contributed by atoms with Crippen molar-refractivity contribution in [3.05, 3.63) is 48.0 Å². The smallest absolute Gasteiger partial charge is 0.243 e. The SMILES string of the molecule is COc1ccc(S(=O)(=O)NCC2CCCO2)cc1N1CCN(S(=O)(=O)c2ccc(C)cc2)CC1. The van der Waals surface area contributed by atoms with Gasteiger partial charge in [0.25, 0.3) is 0 Å². The monoisotopic (exact) mass is 509 g/mol. The molecule has 2 aliphatic heterocycles. The third-order valence-corrected chi connectivity index (χ3v) is 9.56. The first kappa shape index (κ1) is 24.9. The summed E-state index contributed by atoms with van der Waals surface area (Å²) >= 11 is 0. The fraction of sp³-hybridized carbons (Fsp3) is 0.478. The lowest BCUT2D eigenvalue weighted by Crippen LogP contribution is -2.48. The highest BCUT2D eigenvalue weighted by atomic mass is 32.2. The molecule has 0 spiro atoms. The second kappa shape index (κ2) is 10.2. The van der Waals surface area contributed by atoms with E-state index < -0.39 is 20.0 Å². The molecular weight excluding hydrogens is 478 g/mol. The number of hydrogen-bond acceptors (Lipinski definition) is 7. The molecule has 0 aliphatic carbocycles. The fourth-order valence-corrected chi connectivity index (χ4v) is 6.71. The first-order chi connectivity index (χ1) is 16.2. The van der Waals surface area contributed by atoms with Gasteiger partial charge in [0, 0.05) is 39.3 Å². The molecule has 2 aliphatic rings. The molecule has 0 saturated carbocycles. The number of methoxy groups -OCH3 is 1. The number of anilines is 1. The number of nitrogens with zero attached hydrogens (tertiary/aromatic N) is 2. The van der Waals surface area contributed by atoms with Crippen molar-refractivity contribution in [3.63, 3.8) is 0 Å². The molecule has 2 fully saturated rings. The first-order valence-electron chi connectivity index (χ1n) is 11.3. The molecule has 186 valence electrons. The van der Waals surface area contributed by atoms with E-state index in [1.165, 1.54) is 17.5 Å². The van der Waals surface area contributed by atoms with Gasteiger partial charge in [0.1, 0.15) is 5.75 Å². The Hall–Kier alpha value is -2.18. The predicted octanol–water partition coefficient (Wildman–Crippen LogP) is 1.97. The quantitative estimate of drug-likeness (QED) is 0.580. The summed E-state index contributed by atoms with van der Waals surface area (Å²) in [5.74, 6) is 0.535. The highest BCUT2D eigenvalue weighted by Gasteiger charge is 2.30. The summed E-state index contributed by atoms with van der Waals surface area (Å²) in [4.78, 5) is 2.37. The van der Waals surface area contributed by atoms with Crippen molar-refractivity contribution in [2.24, 2.45) is 0 Å². The molecule has 1 unspecified atom stereocenters. The van der Waals surface area contributed by atoms with Gasteiger partial charge in [-0.3, -0.25) is 0 Å². The Labute approximate surface area is 201 Å². The van der Waals surface area contributed by atoms with Crippen LogP contribution in [0, 0.1) is 6.92 Å². The summed E-state index contributed by atoms with van der Waals surface area (Å²) in [5.41, 5.74) is 1.62. The van der Waals surface area contributed by atoms with Crippen molar-refractivity contribution in [1.29, 1.82) is 0 Å². The molecule has 9 nitrogen and oxygen atoms in total. The summed E-state index contributed by atoms with van der Waals surface area (Å²) in [6.07, 6.45) is 1.67. The lowest BCUT2D eigenvalue weighted by molar-refractivity contribution is 0.114. The van der Waals surface area contributed by atoms with Crippen LogP contribution in [0.5, 0.6) is 5.75 Å². The summed E-state index contributed by atoms with van der Waals surface area (Å²) in [6, 6.07) is 11.5. The number of sulfonamides is 2. The maximum Gasteiger partial charge on any atom is 0.243 e. The molecule has 11 heteroatoms. The second-order valence-electron chi connectivity index (χ2n) is 8.52. The summed E-state index contributed by atoms with van der Waals surface area (Å²) in [7, 11) is -5.79. The minimum atomic E-state index is -3.73. The van der Waals surface area contributed by atoms with Crippen LogP contribution in [-0.4, -0.2) is 73.7 Å². The van der Waals surface area contributed by atoms with Crippen molar-refractivity contribution in [1.82, 2.24) is 9.03 Å². The Morgan fingerprint density at radius 3 is 2.29 bits per heavy atom. The topological polar surface area (TPSA) is 105 Å². The molecule has 0 amide bonds. The van der Waals surface area contributed by atoms with E-state index >= 15 is 0 Å². The zero-order chi connectivity index (χ0) is 24.3. The van der Waals surface area contributed by atoms with Crippen LogP contribution in [0.3, 0.4) is 0 Å². The van der Waals surface area contributed by atoms with E-state index in [2.05, 4.69) is 4.72 Å². The van der Waals surface area contributed by atoms with Gasteiger partial charge in [0.2, 0.25) is 20.0 Å². The molecule has 0 aromatic heterocycles. The number of nitrogens with one attached hydrogen (secondary N) is 1. The van der Waals surface area contributed by atoms with E-state index in [9.17, 15) is 16.8 Å². The van der Waals surface area contributed by atoms with E-state index in [1.807, 2.05) is 11.8 Å². The first-order valence-corrected chi connectivity index (χ1v) is 14.2. The van der Waals surface area contributed by atoms with Crippen molar-refractivity contribution >= 4 is 25.7 Å². The molecular formula is C23H31N3O6S2. The van der Waals surface area contributed by atoms with E-state index in [4.69, 9.17) is 9.47 Å². The Bertz CT molecular complexity index is 1200. The minimum Gasteiger partial charge on any atom is -0.495 e. The van der Waals surface area contributed by atoms with Gasteiger partial charge in [-0.1, -0.05) is 17.7 Å². The van der Waals surface area contributed by atoms with E-state index in [0.717, 1.165) is 18.4 Å². The predicted molar refractivity (Wildman–Crippen MR) is 129 cm³/mol. The van der Waals surface area contributed by atoms with Gasteiger partial charge in [-0.15, -0.1) is 0 Å². The summed E-state index contributed by atoms with van der Waals surface area (Å²) in [6.45, 7) is 4.20. The van der Waals surface area contributed by atoms with Crippen molar-refractivity contribution in [3.8, 4) is 5.75 Å². The Morgan fingerprint density at radius 2 is 1.68 bits per heavy atom. The Morgan fingerprint density at radius 1 is 1.00 bits per heavy atom. The minimum absolute atomic E-state index is 0.101. The van der Waals surface area contributed by atoms with Crippen LogP contribution in [0.25, 0.3) is 0 Å². The average molecular weight is 510 g/mol. The van der Waals surface area contributed by atoms with Gasteiger partial charge in [0.05, 0.1) is 28.7 Å². The van der Waals surface area contributed by atoms with Gasteiger partial charge >= 0.3 is 0 Å². The molecule has 34 heavy (non-hydrogen) atoms. The third kappa shape index (κ3) is 5.38. The lowest BCUT2D eigenvalue weighted by Gasteiger charge is -2.36. The number of rotatable bonds is 8. The zero-order valence-corrected chi connectivity index (χ0v) is 21.1. The van der Waals surface area contributed by atoms with Crippen molar-refractivity contribution < 1.29 is 26.3 Å². The van der Waals surface area contributed by atoms with Crippen LogP contribution in [0.2, 0.25) is 0 Å². The summed E-state index contributed by atoms with van der Waals surface area (Å²) < 4.78 is 66.9. The highest BCUT2D eigenvalue weighted by Crippen LogP contribution is 2.32. The van der Waals surface area contributed by atoms with E-state index in [-0.39, 0.29) is 35.5 Å². The molecule has 2 saturated heterocycles. The van der Waals surface area contributed by atoms with Crippen LogP contribution >= 0.6 is 0 Å². The molecule has 2 aromatic rings. The molecule has 2 heterocycles. The largest absolute Gasteiger partial charge is 0.495 e. The van der Waals surface area contributed by atoms with Crippen LogP contribution in [0.1, 0.15) is 18.4 Å². The molecule has 2 aromatic carbocycles. The van der Waals surface area contributed by atoms with Crippen molar-refractivity contribution in [2.45, 2.75) is 35.7 Å². The van der Waals surface area contributed by atoms with Gasteiger partial charge in [-0.05, 0) is 50.1 Å². The maximum atomic E-state index is 13.0. The molecule has 1 atom stereocenters. The molecule has 0 radical (unpaired) electrons. The molecule has 1 N–H and O–H groups in total. The van der Waals surface area contributed by atoms with Gasteiger partial charge in [-0.2, -0.15) is 4.31 Å². The Kier molecular flexibility index (Phi) is 7.48.